The number of ether oxygens (including phenoxy) is 1. The van der Waals surface area contributed by atoms with Gasteiger partial charge in [0.15, 0.2) is 0 Å². The first-order chi connectivity index (χ1) is 22.0. The number of fused-ring (bicyclic) bond motifs is 2. The zero-order chi connectivity index (χ0) is 32.8. The van der Waals surface area contributed by atoms with E-state index in [1.54, 1.807) is 30.2 Å². The van der Waals surface area contributed by atoms with Crippen LogP contribution in [0.1, 0.15) is 64.5 Å². The van der Waals surface area contributed by atoms with Gasteiger partial charge in [0.05, 0.1) is 11.0 Å². The number of esters is 1. The Kier molecular flexibility index (Phi) is 10.2. The molecule has 1 fully saturated rings. The summed E-state index contributed by atoms with van der Waals surface area (Å²) < 4.78 is 7.39. The standard InChI is InChI=1S/C34H45N7O5/c1-34(2,3)46-31(43)27(13-8-9-17-35)37-30(42)28(20-22-21-36-25-11-5-4-10-24(22)25)39-32(44)40-18-15-23(16-19-40)41-29-14-7-6-12-26(29)38-33(41)45/h4-7,10-12,14,21,23,27-28,36H,8-9,13,15-20,35H2,1-3H3,(H,37,42)(H,38,45)(H,39,44). The molecule has 2 atom stereocenters. The number of hydrogen-bond donors (Lipinski definition) is 5. The van der Waals surface area contributed by atoms with Crippen LogP contribution in [0.15, 0.2) is 59.5 Å². The fraction of sp³-hybridized carbons (Fsp3) is 0.471. The molecule has 2 aromatic carbocycles. The van der Waals surface area contributed by atoms with Gasteiger partial charge in [-0.2, -0.15) is 0 Å². The summed E-state index contributed by atoms with van der Waals surface area (Å²) in [4.78, 5) is 61.2. The lowest BCUT2D eigenvalue weighted by Crippen LogP contribution is -2.56. The molecule has 0 spiro atoms. The van der Waals surface area contributed by atoms with Gasteiger partial charge in [-0.05, 0) is 83.2 Å². The van der Waals surface area contributed by atoms with Crippen LogP contribution in [0.2, 0.25) is 0 Å². The number of para-hydroxylation sites is 3. The van der Waals surface area contributed by atoms with Crippen molar-refractivity contribution in [1.29, 1.82) is 0 Å². The highest BCUT2D eigenvalue weighted by atomic mass is 16.6. The van der Waals surface area contributed by atoms with Crippen molar-refractivity contribution in [3.05, 3.63) is 70.8 Å². The number of likely N-dealkylation sites (tertiary alicyclic amines) is 1. The SMILES string of the molecule is CC(C)(C)OC(=O)C(CCCCN)NC(=O)C(Cc1c[nH]c2ccccc12)NC(=O)N1CCC(n2c(=O)[nH]c3ccccc32)CC1. The van der Waals surface area contributed by atoms with Gasteiger partial charge in [0.1, 0.15) is 17.7 Å². The van der Waals surface area contributed by atoms with Crippen LogP contribution in [0.4, 0.5) is 4.79 Å². The molecule has 1 aliphatic rings. The van der Waals surface area contributed by atoms with Crippen molar-refractivity contribution < 1.29 is 19.1 Å². The molecule has 46 heavy (non-hydrogen) atoms. The number of rotatable bonds is 11. The minimum atomic E-state index is -0.958. The average Bonchev–Trinajstić information content (AvgIpc) is 3.59. The van der Waals surface area contributed by atoms with E-state index < -0.39 is 29.6 Å². The molecular formula is C34H45N7O5. The lowest BCUT2D eigenvalue weighted by atomic mass is 10.0. The summed E-state index contributed by atoms with van der Waals surface area (Å²) in [5.41, 5.74) is 8.21. The largest absolute Gasteiger partial charge is 0.458 e. The summed E-state index contributed by atoms with van der Waals surface area (Å²) >= 11 is 0. The molecule has 0 aliphatic carbocycles. The number of nitrogens with two attached hydrogens (primary N) is 1. The molecule has 3 heterocycles. The number of aromatic nitrogens is 3. The third kappa shape index (κ3) is 7.79. The van der Waals surface area contributed by atoms with Crippen molar-refractivity contribution in [3.8, 4) is 0 Å². The summed E-state index contributed by atoms with van der Waals surface area (Å²) in [6.45, 7) is 6.65. The van der Waals surface area contributed by atoms with Crippen molar-refractivity contribution >= 4 is 39.8 Å². The maximum atomic E-state index is 13.9. The Morgan fingerprint density at radius 2 is 1.67 bits per heavy atom. The Morgan fingerprint density at radius 3 is 2.39 bits per heavy atom. The highest BCUT2D eigenvalue weighted by Crippen LogP contribution is 2.25. The molecule has 0 radical (unpaired) electrons. The van der Waals surface area contributed by atoms with Gasteiger partial charge in [-0.3, -0.25) is 9.36 Å². The van der Waals surface area contributed by atoms with E-state index in [2.05, 4.69) is 20.6 Å². The topological polar surface area (TPSA) is 167 Å². The quantitative estimate of drug-likeness (QED) is 0.125. The van der Waals surface area contributed by atoms with Gasteiger partial charge in [-0.25, -0.2) is 14.4 Å². The van der Waals surface area contributed by atoms with Crippen molar-refractivity contribution in [1.82, 2.24) is 30.1 Å². The van der Waals surface area contributed by atoms with Gasteiger partial charge in [0.2, 0.25) is 5.91 Å². The highest BCUT2D eigenvalue weighted by molar-refractivity contribution is 5.92. The fourth-order valence-electron chi connectivity index (χ4n) is 6.12. The van der Waals surface area contributed by atoms with Crippen molar-refractivity contribution in [2.75, 3.05) is 19.6 Å². The Bertz CT molecular complexity index is 1720. The third-order valence-electron chi connectivity index (χ3n) is 8.41. The van der Waals surface area contributed by atoms with Gasteiger partial charge in [0, 0.05) is 42.7 Å². The van der Waals surface area contributed by atoms with Crippen LogP contribution in [-0.2, 0) is 20.7 Å². The number of carbonyl (C=O) groups is 3. The molecule has 1 saturated heterocycles. The fourth-order valence-corrected chi connectivity index (χ4v) is 6.12. The molecule has 2 aromatic heterocycles. The van der Waals surface area contributed by atoms with Crippen molar-refractivity contribution in [2.45, 2.75) is 83.0 Å². The van der Waals surface area contributed by atoms with Gasteiger partial charge in [-0.15, -0.1) is 0 Å². The summed E-state index contributed by atoms with van der Waals surface area (Å²) in [6.07, 6.45) is 4.94. The van der Waals surface area contributed by atoms with Crippen molar-refractivity contribution in [3.63, 3.8) is 0 Å². The Labute approximate surface area is 268 Å². The number of hydrogen-bond acceptors (Lipinski definition) is 6. The van der Waals surface area contributed by atoms with Gasteiger partial charge in [-0.1, -0.05) is 30.3 Å². The molecule has 5 rings (SSSR count). The minimum absolute atomic E-state index is 0.0545. The zero-order valence-electron chi connectivity index (χ0n) is 26.8. The normalized spacial score (nSPS) is 15.5. The van der Waals surface area contributed by atoms with E-state index in [0.29, 0.717) is 51.7 Å². The molecule has 4 aromatic rings. The smallest absolute Gasteiger partial charge is 0.329 e. The highest BCUT2D eigenvalue weighted by Gasteiger charge is 2.32. The lowest BCUT2D eigenvalue weighted by molar-refractivity contribution is -0.159. The van der Waals surface area contributed by atoms with E-state index in [0.717, 1.165) is 27.5 Å². The number of urea groups is 1. The first kappa shape index (κ1) is 32.8. The second-order valence-corrected chi connectivity index (χ2v) is 13.0. The monoisotopic (exact) mass is 631 g/mol. The molecule has 2 unspecified atom stereocenters. The molecule has 3 amide bonds. The van der Waals surface area contributed by atoms with Crippen LogP contribution in [-0.4, -0.2) is 74.7 Å². The molecule has 6 N–H and O–H groups in total. The first-order valence-corrected chi connectivity index (χ1v) is 16.1. The molecule has 12 heteroatoms. The number of H-pyrrole nitrogens is 2. The van der Waals surface area contributed by atoms with E-state index in [1.807, 2.05) is 54.7 Å². The van der Waals surface area contributed by atoms with E-state index >= 15 is 0 Å². The Balaban J connectivity index is 1.31. The maximum Gasteiger partial charge on any atom is 0.329 e. The van der Waals surface area contributed by atoms with Crippen LogP contribution < -0.4 is 22.1 Å². The molecule has 12 nitrogen and oxygen atoms in total. The number of nitrogens with one attached hydrogen (secondary N) is 4. The number of amides is 3. The zero-order valence-corrected chi connectivity index (χ0v) is 26.8. The van der Waals surface area contributed by atoms with Crippen LogP contribution in [0.5, 0.6) is 0 Å². The van der Waals surface area contributed by atoms with Crippen LogP contribution in [0.25, 0.3) is 21.9 Å². The number of benzene rings is 2. The lowest BCUT2D eigenvalue weighted by Gasteiger charge is -2.33. The molecule has 0 bridgehead atoms. The average molecular weight is 632 g/mol. The summed E-state index contributed by atoms with van der Waals surface area (Å²) in [7, 11) is 0. The second-order valence-electron chi connectivity index (χ2n) is 13.0. The minimum Gasteiger partial charge on any atom is -0.458 e. The second kappa shape index (κ2) is 14.2. The van der Waals surface area contributed by atoms with Gasteiger partial charge in [0.25, 0.3) is 0 Å². The van der Waals surface area contributed by atoms with E-state index in [4.69, 9.17) is 10.5 Å². The summed E-state index contributed by atoms with van der Waals surface area (Å²) in [6, 6.07) is 13.1. The number of imidazole rings is 1. The number of piperidine rings is 1. The molecule has 246 valence electrons. The Hall–Kier alpha value is -4.58. The predicted molar refractivity (Wildman–Crippen MR) is 177 cm³/mol. The van der Waals surface area contributed by atoms with Crippen LogP contribution in [0.3, 0.4) is 0 Å². The summed E-state index contributed by atoms with van der Waals surface area (Å²) in [5, 5.41) is 6.78. The van der Waals surface area contributed by atoms with Crippen molar-refractivity contribution in [2.24, 2.45) is 5.73 Å². The van der Waals surface area contributed by atoms with Crippen LogP contribution >= 0.6 is 0 Å². The molecule has 1 aliphatic heterocycles. The van der Waals surface area contributed by atoms with E-state index in [-0.39, 0.29) is 24.2 Å². The van der Waals surface area contributed by atoms with E-state index in [9.17, 15) is 19.2 Å². The van der Waals surface area contributed by atoms with Crippen LogP contribution in [0, 0.1) is 0 Å². The number of carbonyl (C=O) groups excluding carboxylic acids is 3. The van der Waals surface area contributed by atoms with Gasteiger partial charge >= 0.3 is 17.7 Å². The Morgan fingerprint density at radius 1 is 0.978 bits per heavy atom. The number of unbranched alkanes of at least 4 members (excludes halogenated alkanes) is 1. The summed E-state index contributed by atoms with van der Waals surface area (Å²) in [5.74, 6) is -0.993. The first-order valence-electron chi connectivity index (χ1n) is 16.1. The number of aromatic amines is 2. The molecular weight excluding hydrogens is 586 g/mol. The van der Waals surface area contributed by atoms with Gasteiger partial charge < -0.3 is 36.0 Å². The third-order valence-corrected chi connectivity index (χ3v) is 8.41. The molecule has 0 saturated carbocycles. The van der Waals surface area contributed by atoms with E-state index in [1.165, 1.54) is 0 Å². The maximum absolute atomic E-state index is 13.9. The predicted octanol–water partition coefficient (Wildman–Crippen LogP) is 3.72. The number of nitrogens with zero attached hydrogens (tertiary/aromatic N) is 2.